The Bertz CT molecular complexity index is 5300. The molecule has 3 fully saturated rings. The number of carbonyl (C=O) groups excluding carboxylic acids is 18. The summed E-state index contributed by atoms with van der Waals surface area (Å²) in [4.78, 5) is 294. The molecule has 24 N–H and O–H groups in total. The van der Waals surface area contributed by atoms with Gasteiger partial charge < -0.3 is 131 Å². The van der Waals surface area contributed by atoms with Crippen LogP contribution in [0.15, 0.2) is 85.2 Å². The number of carbonyl (C=O) groups is 20. The maximum Gasteiger partial charge on any atom is 0.323 e. The summed E-state index contributed by atoms with van der Waals surface area (Å²) >= 11 is 0. The van der Waals surface area contributed by atoms with Crippen LogP contribution in [0, 0.1) is 11.7 Å². The molecule has 47 heteroatoms. The maximum atomic E-state index is 16.0. The maximum absolute atomic E-state index is 16.0. The van der Waals surface area contributed by atoms with Crippen molar-refractivity contribution in [2.24, 2.45) is 28.9 Å². The molecule has 8 rings (SSSR count). The number of fused-ring (bicyclic) bond motifs is 4. The molecule has 0 saturated carbocycles. The summed E-state index contributed by atoms with van der Waals surface area (Å²) < 4.78 is 15.8. The predicted octanol–water partition coefficient (Wildman–Crippen LogP) is -4.50. The van der Waals surface area contributed by atoms with Crippen molar-refractivity contribution in [1.82, 2.24) is 92.5 Å². The highest BCUT2D eigenvalue weighted by Crippen LogP contribution is 2.29. The summed E-state index contributed by atoms with van der Waals surface area (Å²) in [5.41, 5.74) is 24.3. The van der Waals surface area contributed by atoms with Crippen LogP contribution in [-0.2, 0) is 122 Å². The number of hydrogen-bond acceptors (Lipinski definition) is 24. The quantitative estimate of drug-likeness (QED) is 0.0215. The molecule has 2 aromatic heterocycles. The molecule has 0 spiro atoms. The Morgan fingerprint density at radius 3 is 1.72 bits per heavy atom. The van der Waals surface area contributed by atoms with Crippen LogP contribution >= 0.6 is 0 Å². The number of nitrogens with two attached hydrogens (primary N) is 4. The molecule has 758 valence electrons. The first-order valence-electron chi connectivity index (χ1n) is 46.2. The van der Waals surface area contributed by atoms with E-state index in [9.17, 15) is 87.1 Å². The second-order valence-corrected chi connectivity index (χ2v) is 35.7. The van der Waals surface area contributed by atoms with E-state index in [-0.39, 0.29) is 69.0 Å². The second kappa shape index (κ2) is 51.9. The van der Waals surface area contributed by atoms with Gasteiger partial charge >= 0.3 is 11.9 Å². The lowest BCUT2D eigenvalue weighted by Crippen LogP contribution is -2.62. The normalized spacial score (nSPS) is 24.9. The van der Waals surface area contributed by atoms with Gasteiger partial charge in [-0.05, 0) is 98.7 Å². The summed E-state index contributed by atoms with van der Waals surface area (Å²) in [6.45, 7) is 4.60. The average molecular weight is 1950 g/mol. The van der Waals surface area contributed by atoms with Gasteiger partial charge in [-0.1, -0.05) is 102 Å². The third-order valence-corrected chi connectivity index (χ3v) is 24.7. The van der Waals surface area contributed by atoms with Gasteiger partial charge in [0, 0.05) is 114 Å². The summed E-state index contributed by atoms with van der Waals surface area (Å²) in [5, 5.41) is 73.1. The van der Waals surface area contributed by atoms with Gasteiger partial charge in [0.05, 0.1) is 44.1 Å². The Hall–Kier alpha value is -14.1. The Balaban J connectivity index is 1.23. The molecule has 46 nitrogen and oxygen atoms in total. The van der Waals surface area contributed by atoms with E-state index in [4.69, 9.17) is 22.9 Å². The van der Waals surface area contributed by atoms with Crippen LogP contribution in [0.4, 0.5) is 4.39 Å². The number of aliphatic carboxylic acids is 2. The molecule has 5 heterocycles. The summed E-state index contributed by atoms with van der Waals surface area (Å²) in [6.07, 6.45) is -5.82. The lowest BCUT2D eigenvalue weighted by atomic mass is 9.99. The molecule has 0 aliphatic carbocycles. The van der Waals surface area contributed by atoms with E-state index in [1.807, 2.05) is 0 Å². The summed E-state index contributed by atoms with van der Waals surface area (Å²) in [6, 6.07) is -5.89. The van der Waals surface area contributed by atoms with Gasteiger partial charge in [-0.15, -0.1) is 0 Å². The molecule has 0 bridgehead atoms. The van der Waals surface area contributed by atoms with Crippen molar-refractivity contribution in [3.05, 3.63) is 108 Å². The summed E-state index contributed by atoms with van der Waals surface area (Å²) in [5.74, 6) is -23.1. The number of aromatic amines is 1. The average Bonchev–Trinajstić information content (AvgIpc) is 1.60. The molecule has 0 radical (unpaired) electrons. The zero-order chi connectivity index (χ0) is 103. The molecule has 3 saturated heterocycles. The van der Waals surface area contributed by atoms with Crippen molar-refractivity contribution in [3.8, 4) is 0 Å². The number of carboxylic acids is 2. The van der Waals surface area contributed by atoms with E-state index in [0.29, 0.717) is 40.2 Å². The predicted molar refractivity (Wildman–Crippen MR) is 496 cm³/mol. The first kappa shape index (κ1) is 110. The van der Waals surface area contributed by atoms with Crippen molar-refractivity contribution in [1.29, 1.82) is 0 Å². The topological polar surface area (TPSA) is 696 Å². The zero-order valence-electron chi connectivity index (χ0n) is 78.9. The molecular weight excluding hydrogens is 1820 g/mol. The first-order valence-corrected chi connectivity index (χ1v) is 46.2. The fourth-order valence-electron chi connectivity index (χ4n) is 17.2. The van der Waals surface area contributed by atoms with Gasteiger partial charge in [-0.25, -0.2) is 4.39 Å². The van der Waals surface area contributed by atoms with Crippen LogP contribution in [0.1, 0.15) is 154 Å². The lowest BCUT2D eigenvalue weighted by molar-refractivity contribution is -0.149. The highest BCUT2D eigenvalue weighted by atomic mass is 19.1. The largest absolute Gasteiger partial charge is 0.481 e. The minimum absolute atomic E-state index is 0.0597. The number of nitrogens with zero attached hydrogens (tertiary/aromatic N) is 6. The van der Waals surface area contributed by atoms with Gasteiger partial charge in [0.2, 0.25) is 106 Å². The number of unbranched alkanes of at least 4 members (excludes halogenated alkanes) is 2. The van der Waals surface area contributed by atoms with Gasteiger partial charge in [0.25, 0.3) is 0 Å². The van der Waals surface area contributed by atoms with Crippen molar-refractivity contribution in [3.63, 3.8) is 0 Å². The molecule has 3 aliphatic rings. The van der Waals surface area contributed by atoms with Crippen molar-refractivity contribution < 1.29 is 121 Å². The number of halogens is 1. The number of hydrogen-bond donors (Lipinski definition) is 20. The molecule has 139 heavy (non-hydrogen) atoms. The van der Waals surface area contributed by atoms with Crippen LogP contribution in [-0.4, -0.2) is 324 Å². The third-order valence-electron chi connectivity index (χ3n) is 24.7. The standard InChI is InChI=1S/C92H129FN22O24/c1-9-11-21-68-85(132)105-60(34-48(3)4)82(129)109-66(80(127)100-43-75(97)120)42-98-44-76(121)101-63(35-50-25-27-53(93)28-26-50)88(135)110(6)49(5)79(126)107-65(40-77(122)123)91(138)114-33-17-24-69(114)86(133)102-58(29-31-72(94)117)81(128)103-59(30-32-73(95)118)90(137)115-46-54(116)38-71(115)87(134)106-61(36-51-41-99-57-20-15-13-18-55(51)57)83(130)104-62(39-74(96)119)84(131)108-64(89(136)112(8)70(22-12-10-2)92(139)111(68)7)37-52-45-113(47-78(124)125)67-23-16-14-19-56(52)67/h13-16,18-20,23,25-28,41,45,48-49,54,58-66,68-71,86,98-99,102,116,133H,9-12,17,21-22,24,29-40,42-44,46-47H2,1-8H3,(H2,94,117)(H2,95,118)(H2,96,119)(H2,97,120)(H,100,127)(H,101,121)(H,103,128)(H,104,130)(H,105,132)(H,106,134)(H,107,126)(H,108,131)(H,109,129)(H,122,123)(H,124,125)/t49-,54+,58-,59?,60-,61-,62-,63-,64-,65-,66-,68-,69-,70-,71-,86?/m0/s1. The fraction of sp³-hybridized carbons (Fsp3) is 0.543. The number of H-pyrrole nitrogens is 1. The van der Waals surface area contributed by atoms with Crippen LogP contribution in [0.3, 0.4) is 0 Å². The van der Waals surface area contributed by atoms with Crippen LogP contribution in [0.25, 0.3) is 21.8 Å². The van der Waals surface area contributed by atoms with E-state index >= 15 is 33.6 Å². The molecule has 3 aromatic carbocycles. The zero-order valence-corrected chi connectivity index (χ0v) is 78.9. The number of rotatable bonds is 29. The number of carboxylic acid groups (broad SMARTS) is 2. The van der Waals surface area contributed by atoms with E-state index < -0.39 is 317 Å². The number of para-hydroxylation sites is 2. The number of aromatic nitrogens is 2. The highest BCUT2D eigenvalue weighted by Gasteiger charge is 2.47. The Morgan fingerprint density at radius 1 is 0.532 bits per heavy atom. The Kier molecular flexibility index (Phi) is 41.2. The first-order chi connectivity index (χ1) is 65.8. The van der Waals surface area contributed by atoms with Crippen LogP contribution < -0.4 is 81.4 Å². The monoisotopic (exact) mass is 1940 g/mol. The highest BCUT2D eigenvalue weighted by molar-refractivity contribution is 6.02. The number of amides is 18. The number of likely N-dealkylation sites (N-methyl/N-ethyl adjacent to an activating group) is 3. The van der Waals surface area contributed by atoms with Gasteiger partial charge in [0.1, 0.15) is 91.1 Å². The number of aliphatic hydroxyl groups is 2. The van der Waals surface area contributed by atoms with Gasteiger partial charge in [-0.3, -0.25) is 101 Å². The molecular formula is C92H129FN22O24. The van der Waals surface area contributed by atoms with E-state index in [1.54, 1.807) is 76.2 Å². The molecule has 5 aromatic rings. The fourth-order valence-corrected chi connectivity index (χ4v) is 17.2. The Morgan fingerprint density at radius 2 is 1.09 bits per heavy atom. The number of aliphatic hydroxyl groups excluding tert-OH is 2. The number of benzene rings is 3. The van der Waals surface area contributed by atoms with Crippen LogP contribution in [0.2, 0.25) is 0 Å². The molecule has 16 atom stereocenters. The van der Waals surface area contributed by atoms with E-state index in [2.05, 4.69) is 63.5 Å². The second-order valence-electron chi connectivity index (χ2n) is 35.7. The molecule has 18 amide bonds. The number of nitrogens with one attached hydrogen (secondary N) is 12. The SMILES string of the molecule is CCCC[C@H]1C(=O)N(C)[C@@H](CCCC)C(=O)N[C@@H](CC(C)C)C(=O)N[C@H](C(=O)NCC(N)=O)CNCC(=O)N[C@@H](Cc2ccc(F)cc2)C(=O)N(C)[C@@H](C)C(=O)N[C@@H](CC(=O)O)C(=O)N2CCC[C@H]2C(O)N[C@@H](CCC(N)=O)C(=O)NC(CCC(N)=O)C(=O)N2C[C@H](O)C[C@H]2C(=O)N[C@@H](Cc2c[nH]c3ccccc23)C(=O)N[C@@H](CC(N)=O)C(=O)N[C@@H](Cc2cn(CC(=O)O)c3ccccc23)C(=O)N1C. The minimum atomic E-state index is -2.05. The smallest absolute Gasteiger partial charge is 0.323 e. The van der Waals surface area contributed by atoms with E-state index in [1.165, 1.54) is 50.1 Å². The molecule has 3 aliphatic heterocycles. The van der Waals surface area contributed by atoms with Crippen molar-refractivity contribution >= 4 is 140 Å². The van der Waals surface area contributed by atoms with Crippen LogP contribution in [0.5, 0.6) is 0 Å². The third kappa shape index (κ3) is 31.5. The van der Waals surface area contributed by atoms with Gasteiger partial charge in [0.15, 0.2) is 0 Å². The van der Waals surface area contributed by atoms with Gasteiger partial charge in [-0.2, -0.15) is 0 Å². The van der Waals surface area contributed by atoms with E-state index in [0.717, 1.165) is 43.7 Å². The number of primary amides is 4. The molecule has 2 unspecified atom stereocenters. The van der Waals surface area contributed by atoms with Crippen molar-refractivity contribution in [2.75, 3.05) is 53.9 Å². The lowest BCUT2D eigenvalue weighted by Gasteiger charge is -2.36. The summed E-state index contributed by atoms with van der Waals surface area (Å²) in [7, 11) is 3.69. The Labute approximate surface area is 800 Å². The minimum Gasteiger partial charge on any atom is -0.481 e. The van der Waals surface area contributed by atoms with Crippen molar-refractivity contribution in [2.45, 2.75) is 260 Å².